The van der Waals surface area contributed by atoms with E-state index in [0.29, 0.717) is 15.7 Å². The van der Waals surface area contributed by atoms with E-state index >= 15 is 0 Å². The van der Waals surface area contributed by atoms with Gasteiger partial charge in [-0.25, -0.2) is 4.98 Å². The molecule has 31 heavy (non-hydrogen) atoms. The molecule has 1 aliphatic rings. The third-order valence-electron chi connectivity index (χ3n) is 4.83. The average molecular weight is 520 g/mol. The highest BCUT2D eigenvalue weighted by atomic mass is 79.9. The predicted molar refractivity (Wildman–Crippen MR) is 122 cm³/mol. The second-order valence-electron chi connectivity index (χ2n) is 6.97. The average Bonchev–Trinajstić information content (AvgIpc) is 3.39. The maximum Gasteiger partial charge on any atom is 0.311 e. The van der Waals surface area contributed by atoms with Crippen LogP contribution in [0.25, 0.3) is 11.3 Å². The van der Waals surface area contributed by atoms with Gasteiger partial charge in [-0.3, -0.25) is 19.3 Å². The Morgan fingerprint density at radius 1 is 1.16 bits per heavy atom. The Labute approximate surface area is 195 Å². The Morgan fingerprint density at radius 3 is 2.58 bits per heavy atom. The van der Waals surface area contributed by atoms with Crippen molar-refractivity contribution in [1.29, 1.82) is 0 Å². The molecule has 4 rings (SSSR count). The summed E-state index contributed by atoms with van der Waals surface area (Å²) >= 11 is 10.6. The van der Waals surface area contributed by atoms with Crippen molar-refractivity contribution in [2.45, 2.75) is 6.42 Å². The lowest BCUT2D eigenvalue weighted by Gasteiger charge is -2.12. The Bertz CT molecular complexity index is 1130. The van der Waals surface area contributed by atoms with Gasteiger partial charge in [-0.05, 0) is 24.3 Å². The topological polar surface area (TPSA) is 76.6 Å². The van der Waals surface area contributed by atoms with E-state index in [1.165, 1.54) is 16.2 Å². The van der Waals surface area contributed by atoms with Crippen molar-refractivity contribution in [1.82, 2.24) is 4.98 Å². The number of anilines is 1. The molecule has 1 aliphatic heterocycles. The van der Waals surface area contributed by atoms with Crippen molar-refractivity contribution in [2.75, 3.05) is 18.1 Å². The second-order valence-corrected chi connectivity index (χ2v) is 9.15. The number of nitrogens with zero attached hydrogens (tertiary/aromatic N) is 2. The van der Waals surface area contributed by atoms with E-state index < -0.39 is 11.9 Å². The highest BCUT2D eigenvalue weighted by Gasteiger charge is 2.37. The van der Waals surface area contributed by atoms with Gasteiger partial charge >= 0.3 is 5.97 Å². The fourth-order valence-corrected chi connectivity index (χ4v) is 4.42. The summed E-state index contributed by atoms with van der Waals surface area (Å²) in [6.45, 7) is -0.180. The summed E-state index contributed by atoms with van der Waals surface area (Å²) in [5, 5.41) is 3.01. The van der Waals surface area contributed by atoms with Gasteiger partial charge in [0.05, 0.1) is 11.6 Å². The number of ether oxygens (including phenoxy) is 1. The summed E-state index contributed by atoms with van der Waals surface area (Å²) in [5.74, 6) is -1.68. The maximum atomic E-state index is 12.5. The van der Waals surface area contributed by atoms with Crippen molar-refractivity contribution in [3.63, 3.8) is 0 Å². The fourth-order valence-electron chi connectivity index (χ4n) is 3.17. The largest absolute Gasteiger partial charge is 0.457 e. The molecular formula is C22H16BrClN2O4S. The molecule has 1 aromatic heterocycles. The molecule has 1 saturated heterocycles. The van der Waals surface area contributed by atoms with Crippen molar-refractivity contribution < 1.29 is 19.1 Å². The number of rotatable bonds is 6. The molecule has 0 N–H and O–H groups in total. The number of amides is 1. The first kappa shape index (κ1) is 21.7. The van der Waals surface area contributed by atoms with Crippen LogP contribution in [0.4, 0.5) is 5.13 Å². The van der Waals surface area contributed by atoms with Crippen molar-refractivity contribution in [3.05, 3.63) is 69.0 Å². The zero-order chi connectivity index (χ0) is 22.0. The Morgan fingerprint density at radius 2 is 1.87 bits per heavy atom. The number of thiazole rings is 1. The van der Waals surface area contributed by atoms with E-state index in [1.807, 2.05) is 17.5 Å². The van der Waals surface area contributed by atoms with Gasteiger partial charge in [0.1, 0.15) is 0 Å². The van der Waals surface area contributed by atoms with Gasteiger partial charge in [-0.15, -0.1) is 11.3 Å². The van der Waals surface area contributed by atoms with Crippen LogP contribution < -0.4 is 4.90 Å². The quantitative estimate of drug-likeness (QED) is 0.338. The van der Waals surface area contributed by atoms with Crippen LogP contribution in [0.3, 0.4) is 0 Å². The second kappa shape index (κ2) is 9.30. The fraction of sp³-hybridized carbons (Fsp3) is 0.182. The summed E-state index contributed by atoms with van der Waals surface area (Å²) in [5.41, 5.74) is 2.08. The van der Waals surface area contributed by atoms with Crippen LogP contribution in [-0.2, 0) is 14.3 Å². The van der Waals surface area contributed by atoms with E-state index in [9.17, 15) is 14.4 Å². The molecule has 1 amide bonds. The van der Waals surface area contributed by atoms with Crippen molar-refractivity contribution in [2.24, 2.45) is 5.92 Å². The van der Waals surface area contributed by atoms with Crippen molar-refractivity contribution in [3.8, 4) is 11.3 Å². The number of Topliss-reactive ketones (excluding diaryl/α,β-unsaturated/α-hetero) is 1. The third kappa shape index (κ3) is 5.03. The SMILES string of the molecule is O=C(COC(=O)[C@@H]1CC(=O)N(c2nc(-c3ccc(Cl)cc3)cs2)C1)c1ccc(Br)cc1. The van der Waals surface area contributed by atoms with Gasteiger partial charge in [0.25, 0.3) is 0 Å². The molecule has 2 aromatic carbocycles. The lowest BCUT2D eigenvalue weighted by molar-refractivity contribution is -0.147. The highest BCUT2D eigenvalue weighted by molar-refractivity contribution is 9.10. The zero-order valence-corrected chi connectivity index (χ0v) is 19.2. The van der Waals surface area contributed by atoms with Gasteiger partial charge in [-0.2, -0.15) is 0 Å². The van der Waals surface area contributed by atoms with E-state index in [0.717, 1.165) is 15.7 Å². The van der Waals surface area contributed by atoms with Crippen LogP contribution in [0.5, 0.6) is 0 Å². The maximum absolute atomic E-state index is 12.5. The molecule has 0 saturated carbocycles. The molecule has 6 nitrogen and oxygen atoms in total. The highest BCUT2D eigenvalue weighted by Crippen LogP contribution is 2.32. The molecule has 158 valence electrons. The minimum Gasteiger partial charge on any atom is -0.457 e. The zero-order valence-electron chi connectivity index (χ0n) is 16.1. The third-order valence-corrected chi connectivity index (χ3v) is 6.48. The standard InChI is InChI=1S/C22H16BrClN2O4S/c23-16-5-1-14(2-6-16)19(27)11-30-21(29)15-9-20(28)26(10-15)22-25-18(12-31-22)13-3-7-17(24)8-4-13/h1-8,12,15H,9-11H2/t15-/m1/s1. The van der Waals surface area contributed by atoms with Crippen molar-refractivity contribution >= 4 is 61.7 Å². The van der Waals surface area contributed by atoms with Crippen LogP contribution in [0.1, 0.15) is 16.8 Å². The minimum atomic E-state index is -0.631. The molecule has 0 aliphatic carbocycles. The molecule has 0 bridgehead atoms. The summed E-state index contributed by atoms with van der Waals surface area (Å²) in [7, 11) is 0. The summed E-state index contributed by atoms with van der Waals surface area (Å²) in [6, 6.07) is 14.1. The van der Waals surface area contributed by atoms with E-state index in [4.69, 9.17) is 16.3 Å². The van der Waals surface area contributed by atoms with Crippen LogP contribution >= 0.6 is 38.9 Å². The molecule has 0 unspecified atom stereocenters. The number of aromatic nitrogens is 1. The summed E-state index contributed by atoms with van der Waals surface area (Å²) < 4.78 is 6.04. The first-order valence-corrected chi connectivity index (χ1v) is 11.4. The Balaban J connectivity index is 1.36. The number of hydrogen-bond acceptors (Lipinski definition) is 6. The number of benzene rings is 2. The van der Waals surface area contributed by atoms with E-state index in [2.05, 4.69) is 20.9 Å². The molecule has 3 aromatic rings. The lowest BCUT2D eigenvalue weighted by atomic mass is 10.1. The molecule has 1 atom stereocenters. The lowest BCUT2D eigenvalue weighted by Crippen LogP contribution is -2.27. The van der Waals surface area contributed by atoms with E-state index in [1.54, 1.807) is 36.4 Å². The molecule has 0 radical (unpaired) electrons. The van der Waals surface area contributed by atoms with Gasteiger partial charge in [0.2, 0.25) is 5.91 Å². The van der Waals surface area contributed by atoms with Crippen LogP contribution in [-0.4, -0.2) is 35.8 Å². The number of halogens is 2. The van der Waals surface area contributed by atoms with Crippen LogP contribution in [0, 0.1) is 5.92 Å². The number of esters is 1. The molecule has 9 heteroatoms. The first-order chi connectivity index (χ1) is 14.9. The number of ketones is 1. The number of carbonyl (C=O) groups excluding carboxylic acids is 3. The number of carbonyl (C=O) groups is 3. The minimum absolute atomic E-state index is 0.0289. The smallest absolute Gasteiger partial charge is 0.311 e. The molecular weight excluding hydrogens is 504 g/mol. The first-order valence-electron chi connectivity index (χ1n) is 9.38. The Kier molecular flexibility index (Phi) is 6.50. The van der Waals surface area contributed by atoms with Gasteiger partial charge in [0.15, 0.2) is 17.5 Å². The van der Waals surface area contributed by atoms with Gasteiger partial charge in [0, 0.05) is 39.0 Å². The normalized spacial score (nSPS) is 15.9. The monoisotopic (exact) mass is 518 g/mol. The molecule has 1 fully saturated rings. The number of hydrogen-bond donors (Lipinski definition) is 0. The summed E-state index contributed by atoms with van der Waals surface area (Å²) in [4.78, 5) is 43.1. The van der Waals surface area contributed by atoms with Gasteiger partial charge in [-0.1, -0.05) is 51.8 Å². The summed E-state index contributed by atoms with van der Waals surface area (Å²) in [6.07, 6.45) is 0.0289. The van der Waals surface area contributed by atoms with Crippen LogP contribution in [0.2, 0.25) is 5.02 Å². The van der Waals surface area contributed by atoms with E-state index in [-0.39, 0.29) is 31.3 Å². The predicted octanol–water partition coefficient (Wildman–Crippen LogP) is 5.01. The van der Waals surface area contributed by atoms with Gasteiger partial charge < -0.3 is 4.74 Å². The van der Waals surface area contributed by atoms with Crippen LogP contribution in [0.15, 0.2) is 58.4 Å². The molecule has 0 spiro atoms. The Hall–Kier alpha value is -2.55. The molecule has 2 heterocycles.